The number of carbonyl (C=O) groups is 2. The second kappa shape index (κ2) is 10.8. The van der Waals surface area contributed by atoms with E-state index in [1.54, 1.807) is 32.9 Å². The number of benzene rings is 2. The number of aryl methyl sites for hydroxylation is 1. The molecule has 5 rings (SSSR count). The van der Waals surface area contributed by atoms with E-state index in [-0.39, 0.29) is 16.7 Å². The van der Waals surface area contributed by atoms with E-state index in [1.165, 1.54) is 19.2 Å². The number of rotatable bonds is 6. The summed E-state index contributed by atoms with van der Waals surface area (Å²) >= 11 is 0. The number of nitrogens with one attached hydrogen (secondary N) is 2. The van der Waals surface area contributed by atoms with Crippen LogP contribution in [0.15, 0.2) is 45.7 Å². The van der Waals surface area contributed by atoms with Crippen molar-refractivity contribution in [1.29, 1.82) is 0 Å². The molecule has 1 fully saturated rings. The highest BCUT2D eigenvalue weighted by molar-refractivity contribution is 6.07. The summed E-state index contributed by atoms with van der Waals surface area (Å²) in [6.07, 6.45) is -2.18. The summed E-state index contributed by atoms with van der Waals surface area (Å²) in [5.41, 5.74) is 5.21. The first-order valence-electron chi connectivity index (χ1n) is 13.1. The minimum Gasteiger partial charge on any atom is -0.505 e. The maximum Gasteiger partial charge on any atom is 0.404 e. The van der Waals surface area contributed by atoms with Gasteiger partial charge in [-0.05, 0) is 45.0 Å². The Hall–Kier alpha value is -4.43. The van der Waals surface area contributed by atoms with E-state index in [1.807, 2.05) is 25.4 Å². The Morgan fingerprint density at radius 2 is 1.93 bits per heavy atom. The average molecular weight is 583 g/mol. The number of anilines is 1. The third-order valence-corrected chi connectivity index (χ3v) is 7.51. The molecule has 6 N–H and O–H groups in total. The summed E-state index contributed by atoms with van der Waals surface area (Å²) in [6, 6.07) is 8.06. The lowest BCUT2D eigenvalue weighted by atomic mass is 9.89. The van der Waals surface area contributed by atoms with Crippen molar-refractivity contribution in [2.24, 2.45) is 5.73 Å². The van der Waals surface area contributed by atoms with Crippen molar-refractivity contribution in [2.45, 2.75) is 51.0 Å². The van der Waals surface area contributed by atoms with Crippen LogP contribution in [0.1, 0.15) is 35.3 Å². The quantitative estimate of drug-likeness (QED) is 0.267. The lowest BCUT2D eigenvalue weighted by molar-refractivity contribution is -0.746. The molecular weight excluding hydrogens is 550 g/mol. The van der Waals surface area contributed by atoms with Crippen molar-refractivity contribution in [2.75, 3.05) is 19.5 Å². The van der Waals surface area contributed by atoms with Crippen molar-refractivity contribution in [3.8, 4) is 11.5 Å². The normalized spacial score (nSPS) is 24.3. The SMILES string of the molecule is CO[C@@H]1[C@@H](OC(N)=O)[C@@H](O)[C@H](Oc2ccc3c(O)c(NC(=O)c4ccc5c(c4)C=C[NH+]5C)c(=O)oc3c2C)OC1(C)C. The van der Waals surface area contributed by atoms with E-state index in [4.69, 9.17) is 29.1 Å². The Morgan fingerprint density at radius 3 is 2.62 bits per heavy atom. The van der Waals surface area contributed by atoms with Gasteiger partial charge in [0.25, 0.3) is 5.91 Å². The molecule has 2 aliphatic rings. The number of fused-ring (bicyclic) bond motifs is 2. The molecule has 222 valence electrons. The zero-order valence-corrected chi connectivity index (χ0v) is 23.6. The van der Waals surface area contributed by atoms with E-state index >= 15 is 0 Å². The highest BCUT2D eigenvalue weighted by Crippen LogP contribution is 2.38. The molecule has 0 saturated carbocycles. The Bertz CT molecular complexity index is 1660. The highest BCUT2D eigenvalue weighted by atomic mass is 16.7. The first kappa shape index (κ1) is 29.1. The van der Waals surface area contributed by atoms with Crippen LogP contribution in [0.2, 0.25) is 0 Å². The molecule has 0 spiro atoms. The molecule has 13 nitrogen and oxygen atoms in total. The number of aliphatic hydroxyl groups excluding tert-OH is 1. The Morgan fingerprint density at radius 1 is 1.19 bits per heavy atom. The van der Waals surface area contributed by atoms with Crippen LogP contribution in [0.25, 0.3) is 17.0 Å². The Kier molecular flexibility index (Phi) is 7.45. The number of quaternary nitrogens is 1. The summed E-state index contributed by atoms with van der Waals surface area (Å²) in [4.78, 5) is 38.5. The van der Waals surface area contributed by atoms with Gasteiger partial charge >= 0.3 is 11.7 Å². The number of nitrogens with two attached hydrogens (primary N) is 1. The smallest absolute Gasteiger partial charge is 0.404 e. The summed E-state index contributed by atoms with van der Waals surface area (Å²) < 4.78 is 27.9. The largest absolute Gasteiger partial charge is 0.505 e. The minimum absolute atomic E-state index is 0.00839. The van der Waals surface area contributed by atoms with Gasteiger partial charge in [0.1, 0.15) is 23.1 Å². The fraction of sp³-hybridized carbons (Fsp3) is 0.345. The Labute approximate surface area is 240 Å². The number of hydrogen-bond acceptors (Lipinski definition) is 10. The lowest BCUT2D eigenvalue weighted by Crippen LogP contribution is -2.97. The number of aliphatic hydroxyl groups is 1. The fourth-order valence-corrected chi connectivity index (χ4v) is 5.36. The van der Waals surface area contributed by atoms with Crippen molar-refractivity contribution in [3.63, 3.8) is 0 Å². The molecule has 0 radical (unpaired) electrons. The number of ether oxygens (including phenoxy) is 4. The van der Waals surface area contributed by atoms with Crippen LogP contribution in [0.4, 0.5) is 16.2 Å². The van der Waals surface area contributed by atoms with Gasteiger partial charge in [0.05, 0.1) is 24.2 Å². The van der Waals surface area contributed by atoms with Gasteiger partial charge in [-0.25, -0.2) is 9.59 Å². The molecule has 0 aliphatic carbocycles. The van der Waals surface area contributed by atoms with E-state index in [9.17, 15) is 24.6 Å². The minimum atomic E-state index is -1.50. The molecule has 1 saturated heterocycles. The summed E-state index contributed by atoms with van der Waals surface area (Å²) in [5.74, 6) is -0.932. The van der Waals surface area contributed by atoms with Gasteiger partial charge in [-0.3, -0.25) is 9.69 Å². The van der Waals surface area contributed by atoms with Gasteiger partial charge in [-0.2, -0.15) is 0 Å². The van der Waals surface area contributed by atoms with E-state index < -0.39 is 59.3 Å². The van der Waals surface area contributed by atoms with Crippen molar-refractivity contribution < 1.29 is 48.1 Å². The zero-order valence-electron chi connectivity index (χ0n) is 23.6. The van der Waals surface area contributed by atoms with Crippen molar-refractivity contribution in [3.05, 3.63) is 63.6 Å². The van der Waals surface area contributed by atoms with Gasteiger partial charge in [0, 0.05) is 35.9 Å². The van der Waals surface area contributed by atoms with E-state index in [0.29, 0.717) is 11.1 Å². The van der Waals surface area contributed by atoms with E-state index in [0.717, 1.165) is 16.2 Å². The average Bonchev–Trinajstić information content (AvgIpc) is 3.30. The molecule has 42 heavy (non-hydrogen) atoms. The zero-order chi connectivity index (χ0) is 30.5. The topological polar surface area (TPSA) is 184 Å². The molecule has 2 aromatic carbocycles. The molecule has 3 aromatic rings. The second-order valence-corrected chi connectivity index (χ2v) is 10.7. The van der Waals surface area contributed by atoms with Crippen LogP contribution in [-0.4, -0.2) is 66.6 Å². The molecule has 13 heteroatoms. The highest BCUT2D eigenvalue weighted by Gasteiger charge is 2.53. The Balaban J connectivity index is 1.43. The first-order chi connectivity index (χ1) is 19.8. The van der Waals surface area contributed by atoms with Crippen molar-refractivity contribution >= 4 is 40.4 Å². The van der Waals surface area contributed by atoms with Crippen LogP contribution >= 0.6 is 0 Å². The maximum atomic E-state index is 13.0. The summed E-state index contributed by atoms with van der Waals surface area (Å²) in [5, 5.41) is 24.5. The predicted molar refractivity (Wildman–Crippen MR) is 150 cm³/mol. The standard InChI is InChI=1S/C29H31N3O10/c1-13-18(39-27-21(34)23(41-28(30)37)24(38-5)29(2,3)42-27)9-7-16-20(33)19(26(36)40-22(13)16)31-25(35)15-6-8-17-14(12-15)10-11-32(17)4/h6-12,21,23-24,27,33-34H,1-5H3,(H2,30,37)(H,31,35)/p+1/t21-,23+,24-,27-/m1/s1. The van der Waals surface area contributed by atoms with Gasteiger partial charge in [-0.15, -0.1) is 0 Å². The molecule has 2 amide bonds. The van der Waals surface area contributed by atoms with E-state index in [2.05, 4.69) is 5.32 Å². The number of primary amides is 1. The lowest BCUT2D eigenvalue weighted by Gasteiger charge is -2.47. The van der Waals surface area contributed by atoms with Gasteiger partial charge in [0.15, 0.2) is 23.6 Å². The summed E-state index contributed by atoms with van der Waals surface area (Å²) in [6.45, 7) is 4.91. The van der Waals surface area contributed by atoms with Gasteiger partial charge in [0.2, 0.25) is 6.29 Å². The molecule has 1 aromatic heterocycles. The number of aromatic hydroxyl groups is 1. The first-order valence-corrected chi connectivity index (χ1v) is 13.1. The number of carbonyl (C=O) groups excluding carboxylic acids is 2. The van der Waals surface area contributed by atoms with Crippen LogP contribution in [0, 0.1) is 6.92 Å². The number of amides is 2. The van der Waals surface area contributed by atoms with Crippen LogP contribution < -0.4 is 26.3 Å². The monoisotopic (exact) mass is 582 g/mol. The molecule has 5 atom stereocenters. The van der Waals surface area contributed by atoms with Crippen LogP contribution in [0.5, 0.6) is 11.5 Å². The van der Waals surface area contributed by atoms with Crippen molar-refractivity contribution in [1.82, 2.24) is 0 Å². The molecule has 1 unspecified atom stereocenters. The maximum absolute atomic E-state index is 13.0. The molecule has 0 bridgehead atoms. The van der Waals surface area contributed by atoms with Gasteiger partial charge in [-0.1, -0.05) is 0 Å². The molecule has 3 heterocycles. The predicted octanol–water partition coefficient (Wildman–Crippen LogP) is 1.54. The van der Waals surface area contributed by atoms with Gasteiger partial charge < -0.3 is 44.6 Å². The van der Waals surface area contributed by atoms with Crippen LogP contribution in [0.3, 0.4) is 0 Å². The third-order valence-electron chi connectivity index (χ3n) is 7.51. The number of hydrogen-bond donors (Lipinski definition) is 5. The third kappa shape index (κ3) is 5.07. The molecule has 2 aliphatic heterocycles. The fourth-order valence-electron chi connectivity index (χ4n) is 5.36. The molecular formula is C29H32N3O10+. The number of methoxy groups -OCH3 is 1. The summed E-state index contributed by atoms with van der Waals surface area (Å²) in [7, 11) is 3.35. The van der Waals surface area contributed by atoms with Crippen LogP contribution in [-0.2, 0) is 14.2 Å². The second-order valence-electron chi connectivity index (χ2n) is 10.7.